The van der Waals surface area contributed by atoms with Crippen molar-refractivity contribution in [3.63, 3.8) is 0 Å². The molecule has 5 nitrogen and oxygen atoms in total. The van der Waals surface area contributed by atoms with Crippen molar-refractivity contribution in [1.29, 1.82) is 0 Å². The highest BCUT2D eigenvalue weighted by molar-refractivity contribution is 5.79. The number of alkyl halides is 3. The normalized spacial score (nSPS) is 15.7. The third-order valence-electron chi connectivity index (χ3n) is 4.70. The van der Waals surface area contributed by atoms with Gasteiger partial charge in [-0.25, -0.2) is 0 Å². The summed E-state index contributed by atoms with van der Waals surface area (Å²) < 4.78 is 44.4. The van der Waals surface area contributed by atoms with Crippen molar-refractivity contribution in [1.82, 2.24) is 10.2 Å². The highest BCUT2D eigenvalue weighted by atomic mass is 19.4. The maximum Gasteiger partial charge on any atom is 0.416 e. The molecule has 2 amide bonds. The number of rotatable bonds is 7. The van der Waals surface area contributed by atoms with Crippen LogP contribution in [0.5, 0.6) is 0 Å². The highest BCUT2D eigenvalue weighted by Gasteiger charge is 2.32. The van der Waals surface area contributed by atoms with E-state index < -0.39 is 17.8 Å². The highest BCUT2D eigenvalue weighted by Crippen LogP contribution is 2.31. The first-order valence-corrected chi connectivity index (χ1v) is 9.09. The largest absolute Gasteiger partial charge is 0.469 e. The fourth-order valence-corrected chi connectivity index (χ4v) is 3.24. The Labute approximate surface area is 160 Å². The van der Waals surface area contributed by atoms with E-state index in [9.17, 15) is 22.8 Å². The molecule has 1 saturated heterocycles. The number of nitrogens with one attached hydrogen (secondary N) is 1. The third kappa shape index (κ3) is 5.15. The summed E-state index contributed by atoms with van der Waals surface area (Å²) >= 11 is 0. The Kier molecular flexibility index (Phi) is 6.06. The van der Waals surface area contributed by atoms with Crippen LogP contribution in [0.2, 0.25) is 0 Å². The molecule has 1 aromatic heterocycles. The fraction of sp³-hybridized carbons (Fsp3) is 0.400. The molecule has 0 unspecified atom stereocenters. The van der Waals surface area contributed by atoms with E-state index in [0.717, 1.165) is 12.1 Å². The second-order valence-corrected chi connectivity index (χ2v) is 6.77. The minimum absolute atomic E-state index is 0.0539. The maximum atomic E-state index is 13.1. The molecule has 8 heteroatoms. The van der Waals surface area contributed by atoms with Gasteiger partial charge in [-0.15, -0.1) is 0 Å². The van der Waals surface area contributed by atoms with Crippen LogP contribution in [-0.4, -0.2) is 29.8 Å². The number of nitrogens with zero attached hydrogens (tertiary/aromatic N) is 1. The average molecular weight is 394 g/mol. The number of hydrogen-bond acceptors (Lipinski definition) is 3. The number of amides is 2. The number of likely N-dealkylation sites (tertiary alicyclic amines) is 1. The Bertz CT molecular complexity index is 818. The number of furan rings is 1. The van der Waals surface area contributed by atoms with Gasteiger partial charge in [-0.3, -0.25) is 9.59 Å². The van der Waals surface area contributed by atoms with Gasteiger partial charge >= 0.3 is 6.18 Å². The van der Waals surface area contributed by atoms with Crippen LogP contribution in [0.1, 0.15) is 42.2 Å². The van der Waals surface area contributed by atoms with Crippen LogP contribution in [0.25, 0.3) is 0 Å². The zero-order valence-corrected chi connectivity index (χ0v) is 15.2. The van der Waals surface area contributed by atoms with E-state index in [4.69, 9.17) is 4.42 Å². The molecule has 1 aromatic carbocycles. The summed E-state index contributed by atoms with van der Waals surface area (Å²) in [5, 5.41) is 2.78. The molecule has 3 rings (SSSR count). The van der Waals surface area contributed by atoms with Crippen LogP contribution in [0.4, 0.5) is 13.2 Å². The Balaban J connectivity index is 1.74. The van der Waals surface area contributed by atoms with Crippen LogP contribution < -0.4 is 5.32 Å². The molecule has 0 saturated carbocycles. The van der Waals surface area contributed by atoms with Gasteiger partial charge in [0.05, 0.1) is 17.9 Å². The second-order valence-electron chi connectivity index (χ2n) is 6.77. The fourth-order valence-electron chi connectivity index (χ4n) is 3.24. The first kappa shape index (κ1) is 20.0. The smallest absolute Gasteiger partial charge is 0.416 e. The van der Waals surface area contributed by atoms with Gasteiger partial charge in [0.15, 0.2) is 0 Å². The number of halogens is 3. The van der Waals surface area contributed by atoms with Gasteiger partial charge in [-0.05, 0) is 36.2 Å². The Morgan fingerprint density at radius 3 is 2.71 bits per heavy atom. The van der Waals surface area contributed by atoms with Gasteiger partial charge < -0.3 is 14.6 Å². The van der Waals surface area contributed by atoms with Gasteiger partial charge in [0.2, 0.25) is 11.8 Å². The van der Waals surface area contributed by atoms with Gasteiger partial charge in [0.25, 0.3) is 0 Å². The average Bonchev–Trinajstić information content (AvgIpc) is 3.31. The van der Waals surface area contributed by atoms with Crippen molar-refractivity contribution in [2.45, 2.75) is 37.9 Å². The van der Waals surface area contributed by atoms with Gasteiger partial charge in [0.1, 0.15) is 5.76 Å². The van der Waals surface area contributed by atoms with Crippen LogP contribution >= 0.6 is 0 Å². The van der Waals surface area contributed by atoms with Crippen LogP contribution in [0.3, 0.4) is 0 Å². The quantitative estimate of drug-likeness (QED) is 0.779. The van der Waals surface area contributed by atoms with Crippen LogP contribution in [-0.2, 0) is 22.2 Å². The Morgan fingerprint density at radius 2 is 2.07 bits per heavy atom. The third-order valence-corrected chi connectivity index (χ3v) is 4.70. The number of carbonyl (C=O) groups excluding carboxylic acids is 2. The predicted molar refractivity (Wildman–Crippen MR) is 95.2 cm³/mol. The lowest BCUT2D eigenvalue weighted by Crippen LogP contribution is -2.38. The molecular formula is C20H21F3N2O3. The summed E-state index contributed by atoms with van der Waals surface area (Å²) in [6, 6.07) is 7.61. The first-order chi connectivity index (χ1) is 13.3. The van der Waals surface area contributed by atoms with Crippen molar-refractivity contribution in [3.8, 4) is 0 Å². The van der Waals surface area contributed by atoms with Crippen molar-refractivity contribution >= 4 is 11.8 Å². The van der Waals surface area contributed by atoms with E-state index in [1.807, 2.05) is 0 Å². The first-order valence-electron chi connectivity index (χ1n) is 9.09. The van der Waals surface area contributed by atoms with E-state index in [1.54, 1.807) is 17.0 Å². The molecule has 1 fully saturated rings. The standard InChI is InChI=1S/C20H21F3N2O3/c21-20(22,23)15-5-1-4-14(12-15)17(13-25-10-2-7-19(25)27)24-18(26)9-8-16-6-3-11-28-16/h1,3-6,11-12,17H,2,7-10,13H2,(H,24,26)/t17-/m0/s1. The molecule has 0 bridgehead atoms. The van der Waals surface area contributed by atoms with E-state index >= 15 is 0 Å². The molecule has 0 spiro atoms. The van der Waals surface area contributed by atoms with E-state index in [0.29, 0.717) is 37.1 Å². The molecular weight excluding hydrogens is 373 g/mol. The molecule has 28 heavy (non-hydrogen) atoms. The van der Waals surface area contributed by atoms with Crippen molar-refractivity contribution in [2.75, 3.05) is 13.1 Å². The molecule has 0 radical (unpaired) electrons. The zero-order chi connectivity index (χ0) is 20.1. The summed E-state index contributed by atoms with van der Waals surface area (Å²) in [6.45, 7) is 0.684. The van der Waals surface area contributed by atoms with Crippen molar-refractivity contribution in [3.05, 3.63) is 59.5 Å². The summed E-state index contributed by atoms with van der Waals surface area (Å²) in [5.41, 5.74) is -0.464. The zero-order valence-electron chi connectivity index (χ0n) is 15.2. The monoisotopic (exact) mass is 394 g/mol. The minimum atomic E-state index is -4.48. The lowest BCUT2D eigenvalue weighted by Gasteiger charge is -2.26. The summed E-state index contributed by atoms with van der Waals surface area (Å²) in [7, 11) is 0. The number of hydrogen-bond donors (Lipinski definition) is 1. The van der Waals surface area contributed by atoms with Gasteiger partial charge in [0, 0.05) is 32.4 Å². The minimum Gasteiger partial charge on any atom is -0.469 e. The summed E-state index contributed by atoms with van der Waals surface area (Å²) in [5.74, 6) is 0.285. The van der Waals surface area contributed by atoms with Crippen LogP contribution in [0, 0.1) is 0 Å². The predicted octanol–water partition coefficient (Wildman–Crippen LogP) is 3.71. The molecule has 2 aromatic rings. The summed E-state index contributed by atoms with van der Waals surface area (Å²) in [4.78, 5) is 25.9. The second kappa shape index (κ2) is 8.50. The molecule has 0 aliphatic carbocycles. The van der Waals surface area contributed by atoms with E-state index in [1.165, 1.54) is 18.4 Å². The topological polar surface area (TPSA) is 62.6 Å². The number of aryl methyl sites for hydroxylation is 1. The molecule has 2 heterocycles. The van der Waals surface area contributed by atoms with Crippen molar-refractivity contribution < 1.29 is 27.2 Å². The Morgan fingerprint density at radius 1 is 1.25 bits per heavy atom. The molecule has 150 valence electrons. The van der Waals surface area contributed by atoms with Gasteiger partial charge in [-0.2, -0.15) is 13.2 Å². The van der Waals surface area contributed by atoms with E-state index in [2.05, 4.69) is 5.32 Å². The van der Waals surface area contributed by atoms with Crippen molar-refractivity contribution in [2.24, 2.45) is 0 Å². The lowest BCUT2D eigenvalue weighted by molar-refractivity contribution is -0.137. The molecule has 1 aliphatic heterocycles. The Hall–Kier alpha value is -2.77. The number of carbonyl (C=O) groups is 2. The van der Waals surface area contributed by atoms with Crippen LogP contribution in [0.15, 0.2) is 47.1 Å². The molecule has 1 aliphatic rings. The SMILES string of the molecule is O=C(CCc1ccco1)N[C@@H](CN1CCCC1=O)c1cccc(C(F)(F)F)c1. The van der Waals surface area contributed by atoms with E-state index in [-0.39, 0.29) is 24.8 Å². The molecule has 1 N–H and O–H groups in total. The number of benzene rings is 1. The van der Waals surface area contributed by atoms with Gasteiger partial charge in [-0.1, -0.05) is 12.1 Å². The summed E-state index contributed by atoms with van der Waals surface area (Å²) in [6.07, 6.45) is -1.32. The molecule has 1 atom stereocenters. The lowest BCUT2D eigenvalue weighted by atomic mass is 10.0. The maximum absolute atomic E-state index is 13.1.